The molecule has 0 fully saturated rings. The van der Waals surface area contributed by atoms with Gasteiger partial charge in [0.15, 0.2) is 0 Å². The lowest BCUT2D eigenvalue weighted by molar-refractivity contribution is -0.137. The third-order valence-corrected chi connectivity index (χ3v) is 4.10. The van der Waals surface area contributed by atoms with Crippen molar-refractivity contribution < 1.29 is 14.3 Å². The topological polar surface area (TPSA) is 77.1 Å². The summed E-state index contributed by atoms with van der Waals surface area (Å²) in [5.41, 5.74) is 2.86. The van der Waals surface area contributed by atoms with Gasteiger partial charge in [0, 0.05) is 17.3 Å². The Bertz CT molecular complexity index is 1060. The molecule has 0 aliphatic carbocycles. The Labute approximate surface area is 169 Å². The van der Waals surface area contributed by atoms with Crippen LogP contribution in [0.4, 0.5) is 0 Å². The van der Waals surface area contributed by atoms with Gasteiger partial charge in [0.25, 0.3) is 0 Å². The van der Waals surface area contributed by atoms with Gasteiger partial charge >= 0.3 is 5.97 Å². The lowest BCUT2D eigenvalue weighted by atomic mass is 10.1. The summed E-state index contributed by atoms with van der Waals surface area (Å²) < 4.78 is 12.3. The van der Waals surface area contributed by atoms with E-state index < -0.39 is 5.97 Å². The highest BCUT2D eigenvalue weighted by atomic mass is 16.5. The third kappa shape index (κ3) is 4.71. The number of nitriles is 1. The van der Waals surface area contributed by atoms with Crippen molar-refractivity contribution in [2.75, 3.05) is 13.2 Å². The zero-order valence-corrected chi connectivity index (χ0v) is 16.3. The van der Waals surface area contributed by atoms with Crippen LogP contribution >= 0.6 is 0 Å². The van der Waals surface area contributed by atoms with Crippen LogP contribution in [0.3, 0.4) is 0 Å². The van der Waals surface area contributed by atoms with E-state index in [-0.39, 0.29) is 12.2 Å². The van der Waals surface area contributed by atoms with Gasteiger partial charge in [-0.05, 0) is 44.2 Å². The molecule has 0 spiro atoms. The quantitative estimate of drug-likeness (QED) is 0.341. The Morgan fingerprint density at radius 1 is 1.14 bits per heavy atom. The van der Waals surface area contributed by atoms with Crippen LogP contribution in [-0.2, 0) is 9.53 Å². The highest BCUT2D eigenvalue weighted by molar-refractivity contribution is 5.98. The number of hydrogen-bond donors (Lipinski definition) is 0. The Morgan fingerprint density at radius 2 is 1.93 bits per heavy atom. The predicted octanol–water partition coefficient (Wildman–Crippen LogP) is 4.41. The second-order valence-corrected chi connectivity index (χ2v) is 6.06. The molecule has 6 heteroatoms. The van der Waals surface area contributed by atoms with Gasteiger partial charge in [-0.15, -0.1) is 0 Å². The molecular formula is C23H21N3O3. The van der Waals surface area contributed by atoms with Crippen molar-refractivity contribution in [1.29, 1.82) is 5.26 Å². The van der Waals surface area contributed by atoms with E-state index in [0.717, 1.165) is 17.0 Å². The normalized spacial score (nSPS) is 11.0. The molecule has 0 aliphatic heterocycles. The molecular weight excluding hydrogens is 366 g/mol. The highest BCUT2D eigenvalue weighted by Crippen LogP contribution is 2.28. The second kappa shape index (κ2) is 9.38. The van der Waals surface area contributed by atoms with Crippen molar-refractivity contribution >= 4 is 12.0 Å². The molecule has 2 aromatic carbocycles. The van der Waals surface area contributed by atoms with E-state index >= 15 is 0 Å². The van der Waals surface area contributed by atoms with Crippen LogP contribution in [0.25, 0.3) is 23.0 Å². The van der Waals surface area contributed by atoms with Gasteiger partial charge in [-0.1, -0.05) is 30.3 Å². The number of benzene rings is 2. The highest BCUT2D eigenvalue weighted by Gasteiger charge is 2.16. The maximum absolute atomic E-state index is 12.1. The van der Waals surface area contributed by atoms with Crippen LogP contribution in [0, 0.1) is 11.3 Å². The van der Waals surface area contributed by atoms with E-state index in [4.69, 9.17) is 14.6 Å². The van der Waals surface area contributed by atoms with Crippen LogP contribution in [0.1, 0.15) is 19.4 Å². The molecule has 146 valence electrons. The number of ether oxygens (including phenoxy) is 2. The van der Waals surface area contributed by atoms with Crippen molar-refractivity contribution in [3.05, 3.63) is 71.9 Å². The van der Waals surface area contributed by atoms with E-state index in [9.17, 15) is 10.1 Å². The van der Waals surface area contributed by atoms with Gasteiger partial charge in [0.2, 0.25) is 0 Å². The third-order valence-electron chi connectivity index (χ3n) is 4.10. The number of nitrogens with zero attached hydrogens (tertiary/aromatic N) is 3. The van der Waals surface area contributed by atoms with Gasteiger partial charge in [-0.25, -0.2) is 9.48 Å². The van der Waals surface area contributed by atoms with Crippen molar-refractivity contribution in [1.82, 2.24) is 9.78 Å². The lowest BCUT2D eigenvalue weighted by Gasteiger charge is -2.05. The molecule has 6 nitrogen and oxygen atoms in total. The number of carbonyl (C=O) groups excluding carboxylic acids is 1. The molecule has 0 amide bonds. The number of esters is 1. The summed E-state index contributed by atoms with van der Waals surface area (Å²) in [6.45, 7) is 4.37. The van der Waals surface area contributed by atoms with E-state index in [2.05, 4.69) is 0 Å². The molecule has 1 aromatic heterocycles. The van der Waals surface area contributed by atoms with Gasteiger partial charge < -0.3 is 9.47 Å². The van der Waals surface area contributed by atoms with Gasteiger partial charge in [0.05, 0.1) is 18.9 Å². The molecule has 0 bridgehead atoms. The number of hydrogen-bond acceptors (Lipinski definition) is 5. The van der Waals surface area contributed by atoms with Crippen molar-refractivity contribution in [2.45, 2.75) is 13.8 Å². The monoisotopic (exact) mass is 387 g/mol. The largest absolute Gasteiger partial charge is 0.494 e. The zero-order chi connectivity index (χ0) is 20.6. The number of aromatic nitrogens is 2. The minimum atomic E-state index is -0.656. The summed E-state index contributed by atoms with van der Waals surface area (Å²) in [6.07, 6.45) is 3.29. The maximum atomic E-state index is 12.1. The fourth-order valence-electron chi connectivity index (χ4n) is 2.83. The summed E-state index contributed by atoms with van der Waals surface area (Å²) in [4.78, 5) is 12.1. The second-order valence-electron chi connectivity index (χ2n) is 6.06. The van der Waals surface area contributed by atoms with Gasteiger partial charge in [-0.3, -0.25) is 0 Å². The molecule has 0 radical (unpaired) electrons. The molecule has 0 saturated heterocycles. The summed E-state index contributed by atoms with van der Waals surface area (Å²) in [7, 11) is 0. The Hall–Kier alpha value is -3.85. The van der Waals surface area contributed by atoms with E-state index in [1.54, 1.807) is 17.8 Å². The molecule has 3 rings (SSSR count). The number of carbonyl (C=O) groups is 1. The van der Waals surface area contributed by atoms with Crippen molar-refractivity contribution in [2.24, 2.45) is 0 Å². The van der Waals surface area contributed by atoms with Crippen LogP contribution < -0.4 is 4.74 Å². The van der Waals surface area contributed by atoms with Crippen molar-refractivity contribution in [3.63, 3.8) is 0 Å². The predicted molar refractivity (Wildman–Crippen MR) is 110 cm³/mol. The first-order valence-electron chi connectivity index (χ1n) is 9.33. The summed E-state index contributed by atoms with van der Waals surface area (Å²) in [5, 5.41) is 14.1. The first-order valence-corrected chi connectivity index (χ1v) is 9.33. The Morgan fingerprint density at radius 3 is 2.62 bits per heavy atom. The summed E-state index contributed by atoms with van der Waals surface area (Å²) in [5.74, 6) is 0.0663. The average molecular weight is 387 g/mol. The standard InChI is InChI=1S/C23H21N3O3/c1-3-28-21-12-8-9-17(14-21)22-19(13-18(15-24)23(27)29-4-2)16-26(25-22)20-10-6-5-7-11-20/h5-14,16H,3-4H2,1-2H3. The number of rotatable bonds is 7. The number of para-hydroxylation sites is 1. The minimum absolute atomic E-state index is 0.0818. The van der Waals surface area contributed by atoms with Crippen molar-refractivity contribution in [3.8, 4) is 28.8 Å². The molecule has 0 saturated carbocycles. The smallest absolute Gasteiger partial charge is 0.348 e. The molecule has 0 unspecified atom stereocenters. The Balaban J connectivity index is 2.13. The molecule has 3 aromatic rings. The van der Waals surface area contributed by atoms with Crippen LogP contribution in [-0.4, -0.2) is 29.0 Å². The molecule has 1 heterocycles. The first kappa shape index (κ1) is 19.9. The fourth-order valence-corrected chi connectivity index (χ4v) is 2.83. The van der Waals surface area contributed by atoms with E-state index in [0.29, 0.717) is 17.9 Å². The minimum Gasteiger partial charge on any atom is -0.494 e. The van der Waals surface area contributed by atoms with E-state index in [1.165, 1.54) is 6.08 Å². The molecule has 0 atom stereocenters. The van der Waals surface area contributed by atoms with Gasteiger partial charge in [-0.2, -0.15) is 10.4 Å². The zero-order valence-electron chi connectivity index (χ0n) is 16.3. The SMILES string of the molecule is CCOC(=O)C(C#N)=Cc1cn(-c2ccccc2)nc1-c1cccc(OCC)c1. The first-order chi connectivity index (χ1) is 14.2. The van der Waals surface area contributed by atoms with Crippen LogP contribution in [0.2, 0.25) is 0 Å². The fraction of sp³-hybridized carbons (Fsp3) is 0.174. The lowest BCUT2D eigenvalue weighted by Crippen LogP contribution is -2.06. The van der Waals surface area contributed by atoms with Gasteiger partial charge in [0.1, 0.15) is 23.1 Å². The van der Waals surface area contributed by atoms with E-state index in [1.807, 2.05) is 67.6 Å². The summed E-state index contributed by atoms with van der Waals surface area (Å²) in [6, 6.07) is 19.1. The van der Waals surface area contributed by atoms with Crippen LogP contribution in [0.5, 0.6) is 5.75 Å². The summed E-state index contributed by atoms with van der Waals surface area (Å²) >= 11 is 0. The maximum Gasteiger partial charge on any atom is 0.348 e. The molecule has 0 N–H and O–H groups in total. The average Bonchev–Trinajstić information content (AvgIpc) is 3.17. The Kier molecular flexibility index (Phi) is 6.43. The van der Waals surface area contributed by atoms with Crippen LogP contribution in [0.15, 0.2) is 66.4 Å². The molecule has 29 heavy (non-hydrogen) atoms. The molecule has 0 aliphatic rings.